The Labute approximate surface area is 203 Å². The van der Waals surface area contributed by atoms with Crippen LogP contribution in [0.5, 0.6) is 5.75 Å². The van der Waals surface area contributed by atoms with Gasteiger partial charge in [0.05, 0.1) is 14.8 Å². The molecule has 31 heavy (non-hydrogen) atoms. The van der Waals surface area contributed by atoms with E-state index >= 15 is 0 Å². The lowest BCUT2D eigenvalue weighted by Crippen LogP contribution is -2.49. The number of carbonyl (C=O) groups excluding carboxylic acids is 1. The molecule has 2 aromatic carbocycles. The van der Waals surface area contributed by atoms with Gasteiger partial charge in [-0.1, -0.05) is 38.1 Å². The molecule has 3 rings (SSSR count). The van der Waals surface area contributed by atoms with Crippen LogP contribution in [0.2, 0.25) is 0 Å². The molecule has 2 aromatic rings. The van der Waals surface area contributed by atoms with Crippen LogP contribution >= 0.6 is 0 Å². The van der Waals surface area contributed by atoms with Gasteiger partial charge in [-0.2, -0.15) is 0 Å². The number of rotatable bonds is 8. The molecule has 1 fully saturated rings. The second-order valence-electron chi connectivity index (χ2n) is 7.31. The number of piperidine rings is 1. The first kappa shape index (κ1) is 11.3. The number of hydrogen-bond acceptors (Lipinski definition) is 3. The second kappa shape index (κ2) is 11.1. The van der Waals surface area contributed by atoms with Crippen molar-refractivity contribution < 1.29 is 31.7 Å². The fourth-order valence-electron chi connectivity index (χ4n) is 2.80. The molecular formula is C25H34FN3O2. The standard InChI is InChI=1S/C25H34FN3O2/c1-19(2)18-31-24-10-6-20(7-11-24)16-27-25(30)29(23-12-14-28(3)15-13-23)17-21-4-8-22(26)9-5-21/h4-11,19,23H,12-18H2,1-3H3,(H,27,30)/i3D3,6D,7D,10D,11D,14D2,15D2,18D2. The Morgan fingerprint density at radius 2 is 1.97 bits per heavy atom. The fourth-order valence-corrected chi connectivity index (χ4v) is 2.80. The molecule has 1 N–H and O–H groups in total. The molecule has 0 unspecified atom stereocenters. The van der Waals surface area contributed by atoms with Crippen molar-refractivity contribution in [1.29, 1.82) is 0 Å². The molecule has 1 aliphatic heterocycles. The van der Waals surface area contributed by atoms with Crippen molar-refractivity contribution >= 4 is 6.03 Å². The Morgan fingerprint density at radius 3 is 2.58 bits per heavy atom. The molecule has 5 nitrogen and oxygen atoms in total. The number of ether oxygens (including phenoxy) is 1. The summed E-state index contributed by atoms with van der Waals surface area (Å²) in [5, 5.41) is 2.47. The Morgan fingerprint density at radius 1 is 1.29 bits per heavy atom. The molecule has 0 atom stereocenters. The third-order valence-corrected chi connectivity index (χ3v) is 4.40. The average molecular weight is 441 g/mol. The second-order valence-corrected chi connectivity index (χ2v) is 7.31. The first-order chi connectivity index (χ1) is 20.0. The number of urea groups is 1. The van der Waals surface area contributed by atoms with E-state index < -0.39 is 99.6 Å². The summed E-state index contributed by atoms with van der Waals surface area (Å²) in [6.45, 7) is -8.63. The van der Waals surface area contributed by atoms with E-state index in [1.165, 1.54) is 26.0 Å². The lowest BCUT2D eigenvalue weighted by molar-refractivity contribution is 0.127. The third kappa shape index (κ3) is 7.24. The number of nitrogens with one attached hydrogen (secondary N) is 1. The van der Waals surface area contributed by atoms with Crippen LogP contribution < -0.4 is 10.1 Å². The highest BCUT2D eigenvalue weighted by atomic mass is 19.1. The molecule has 0 aromatic heterocycles. The van der Waals surface area contributed by atoms with Gasteiger partial charge in [-0.05, 0) is 74.1 Å². The Kier molecular flexibility index (Phi) is 4.07. The number of halogens is 1. The summed E-state index contributed by atoms with van der Waals surface area (Å²) in [7, 11) is 0. The predicted octanol–water partition coefficient (Wildman–Crippen LogP) is 4.67. The smallest absolute Gasteiger partial charge is 0.318 e. The van der Waals surface area contributed by atoms with Crippen molar-refractivity contribution in [3.05, 3.63) is 65.4 Å². The van der Waals surface area contributed by atoms with Crippen LogP contribution in [0, 0.1) is 11.7 Å². The zero-order valence-electron chi connectivity index (χ0n) is 30.4. The number of nitrogens with zero attached hydrogens (tertiary/aromatic N) is 2. The van der Waals surface area contributed by atoms with Gasteiger partial charge in [0.25, 0.3) is 0 Å². The summed E-state index contributed by atoms with van der Waals surface area (Å²) >= 11 is 0. The molecule has 2 amide bonds. The normalized spacial score (nSPS) is 25.4. The summed E-state index contributed by atoms with van der Waals surface area (Å²) in [5.74, 6) is -1.84. The van der Waals surface area contributed by atoms with E-state index in [2.05, 4.69) is 5.32 Å². The van der Waals surface area contributed by atoms with Crippen LogP contribution in [0.25, 0.3) is 0 Å². The van der Waals surface area contributed by atoms with Crippen molar-refractivity contribution in [2.24, 2.45) is 5.92 Å². The molecular weight excluding hydrogens is 393 g/mol. The maximum absolute atomic E-state index is 13.6. The Bertz CT molecular complexity index is 1320. The van der Waals surface area contributed by atoms with E-state index in [1.54, 1.807) is 0 Å². The highest BCUT2D eigenvalue weighted by Gasteiger charge is 2.27. The van der Waals surface area contributed by atoms with Gasteiger partial charge in [0.2, 0.25) is 0 Å². The van der Waals surface area contributed by atoms with Gasteiger partial charge >= 0.3 is 6.03 Å². The fraction of sp³-hybridized carbons (Fsp3) is 0.480. The van der Waals surface area contributed by atoms with Gasteiger partial charge in [0.15, 0.2) is 0 Å². The van der Waals surface area contributed by atoms with E-state index in [0.717, 1.165) is 17.0 Å². The highest BCUT2D eigenvalue weighted by Crippen LogP contribution is 2.19. The molecule has 0 aliphatic carbocycles. The first-order valence-corrected chi connectivity index (χ1v) is 9.87. The number of likely N-dealkylation sites (tertiary alicyclic amines) is 1. The largest absolute Gasteiger partial charge is 0.493 e. The van der Waals surface area contributed by atoms with Gasteiger partial charge in [-0.25, -0.2) is 9.18 Å². The molecule has 0 radical (unpaired) electrons. The average Bonchev–Trinajstić information content (AvgIpc) is 2.87. The summed E-state index contributed by atoms with van der Waals surface area (Å²) in [6, 6.07) is 0.384. The molecule has 168 valence electrons. The van der Waals surface area contributed by atoms with Gasteiger partial charge in [0.1, 0.15) is 11.6 Å². The first-order valence-electron chi connectivity index (χ1n) is 16.4. The minimum absolute atomic E-state index is 0.160. The van der Waals surface area contributed by atoms with Gasteiger partial charge < -0.3 is 19.9 Å². The van der Waals surface area contributed by atoms with Crippen molar-refractivity contribution in [3.63, 3.8) is 0 Å². The van der Waals surface area contributed by atoms with Crippen molar-refractivity contribution in [2.75, 3.05) is 26.5 Å². The quantitative estimate of drug-likeness (QED) is 0.649. The lowest BCUT2D eigenvalue weighted by Gasteiger charge is -2.37. The molecule has 1 saturated heterocycles. The Balaban J connectivity index is 1.95. The summed E-state index contributed by atoms with van der Waals surface area (Å²) in [6.07, 6.45) is -1.19. The summed E-state index contributed by atoms with van der Waals surface area (Å²) in [5.41, 5.74) is 0.140. The highest BCUT2D eigenvalue weighted by molar-refractivity contribution is 5.74. The Hall–Kier alpha value is -2.60. The van der Waals surface area contributed by atoms with E-state index in [1.807, 2.05) is 0 Å². The van der Waals surface area contributed by atoms with Crippen molar-refractivity contribution in [2.45, 2.75) is 45.8 Å². The van der Waals surface area contributed by atoms with Crippen LogP contribution in [-0.4, -0.2) is 48.4 Å². The molecule has 6 heteroatoms. The number of carbonyl (C=O) groups is 1. The molecule has 0 saturated carbocycles. The summed E-state index contributed by atoms with van der Waals surface area (Å²) < 4.78 is 125. The minimum Gasteiger partial charge on any atom is -0.493 e. The number of benzene rings is 2. The predicted molar refractivity (Wildman–Crippen MR) is 121 cm³/mol. The molecule has 0 bridgehead atoms. The monoisotopic (exact) mass is 440 g/mol. The number of hydrogen-bond donors (Lipinski definition) is 1. The maximum Gasteiger partial charge on any atom is 0.318 e. The number of amides is 2. The lowest BCUT2D eigenvalue weighted by atomic mass is 10.0. The zero-order valence-corrected chi connectivity index (χ0v) is 17.4. The van der Waals surface area contributed by atoms with E-state index in [4.69, 9.17) is 22.6 Å². The van der Waals surface area contributed by atoms with E-state index in [-0.39, 0.29) is 17.0 Å². The van der Waals surface area contributed by atoms with Crippen LogP contribution in [0.4, 0.5) is 9.18 Å². The SMILES string of the molecule is [2H]c1c([2H])c(OC([2H])([2H])C(C)C)c([2H])c([2H])c1CNC(=O)N(Cc1ccc(F)cc1)C1CC([2H])([2H])N(C([2H])([2H])[2H])C([2H])([2H])C1. The van der Waals surface area contributed by atoms with Crippen molar-refractivity contribution in [1.82, 2.24) is 15.1 Å². The third-order valence-electron chi connectivity index (χ3n) is 4.40. The van der Waals surface area contributed by atoms with Crippen LogP contribution in [0.1, 0.15) is 55.6 Å². The maximum atomic E-state index is 13.6. The van der Waals surface area contributed by atoms with Crippen LogP contribution in [0.15, 0.2) is 48.4 Å². The van der Waals surface area contributed by atoms with Crippen molar-refractivity contribution in [3.8, 4) is 5.75 Å². The molecule has 0 spiro atoms. The topological polar surface area (TPSA) is 44.8 Å². The van der Waals surface area contributed by atoms with Gasteiger partial charge in [-0.3, -0.25) is 0 Å². The summed E-state index contributed by atoms with van der Waals surface area (Å²) in [4.78, 5) is 14.8. The van der Waals surface area contributed by atoms with Crippen LogP contribution in [0.3, 0.4) is 0 Å². The molecule has 1 heterocycles. The van der Waals surface area contributed by atoms with E-state index in [0.29, 0.717) is 5.56 Å². The molecule has 1 aliphatic rings. The van der Waals surface area contributed by atoms with E-state index in [9.17, 15) is 9.18 Å². The van der Waals surface area contributed by atoms with Gasteiger partial charge in [0, 0.05) is 28.7 Å². The zero-order chi connectivity index (χ0) is 33.6. The van der Waals surface area contributed by atoms with Gasteiger partial charge in [-0.15, -0.1) is 0 Å². The van der Waals surface area contributed by atoms with Crippen LogP contribution in [-0.2, 0) is 13.1 Å². The minimum atomic E-state index is -3.12.